The smallest absolute Gasteiger partial charge is 0.329 e. The zero-order chi connectivity index (χ0) is 18.6. The standard InChI is InChI=1S/C15H28N2O8/c18-13-16-3-1-5-22-7-9-24-10-8-23-6-2-4-17-14(19)11-25-12-15(20)21/h13H,1-12H2,(H,16,18)(H,17,19)(H,20,21). The SMILES string of the molecule is O=CNCCCOCCOCCOCCCNC(=O)COCC(=O)O. The minimum Gasteiger partial charge on any atom is -0.480 e. The van der Waals surface area contributed by atoms with Gasteiger partial charge in [0.05, 0.1) is 26.4 Å². The van der Waals surface area contributed by atoms with Gasteiger partial charge in [0.2, 0.25) is 12.3 Å². The van der Waals surface area contributed by atoms with E-state index in [0.717, 1.165) is 6.42 Å². The van der Waals surface area contributed by atoms with Crippen LogP contribution < -0.4 is 10.6 Å². The van der Waals surface area contributed by atoms with E-state index in [-0.39, 0.29) is 12.5 Å². The Morgan fingerprint density at radius 2 is 1.36 bits per heavy atom. The van der Waals surface area contributed by atoms with Crippen LogP contribution in [-0.2, 0) is 33.3 Å². The number of carboxylic acids is 1. The third-order valence-corrected chi connectivity index (χ3v) is 2.68. The highest BCUT2D eigenvalue weighted by Crippen LogP contribution is 1.86. The van der Waals surface area contributed by atoms with Gasteiger partial charge in [0, 0.05) is 26.3 Å². The van der Waals surface area contributed by atoms with Crippen LogP contribution in [0.1, 0.15) is 12.8 Å². The maximum Gasteiger partial charge on any atom is 0.329 e. The lowest BCUT2D eigenvalue weighted by Gasteiger charge is -2.07. The van der Waals surface area contributed by atoms with Gasteiger partial charge in [0.15, 0.2) is 0 Å². The molecule has 0 aromatic heterocycles. The van der Waals surface area contributed by atoms with Crippen LogP contribution in [0.2, 0.25) is 0 Å². The largest absolute Gasteiger partial charge is 0.480 e. The molecule has 0 saturated heterocycles. The Kier molecular flexibility index (Phi) is 17.3. The van der Waals surface area contributed by atoms with Crippen molar-refractivity contribution < 1.29 is 38.4 Å². The normalized spacial score (nSPS) is 10.4. The van der Waals surface area contributed by atoms with Crippen LogP contribution in [-0.4, -0.2) is 89.3 Å². The molecule has 0 aliphatic rings. The predicted molar refractivity (Wildman–Crippen MR) is 87.2 cm³/mol. The number of nitrogens with one attached hydrogen (secondary N) is 2. The number of carboxylic acid groups (broad SMARTS) is 1. The second kappa shape index (κ2) is 18.6. The third-order valence-electron chi connectivity index (χ3n) is 2.68. The van der Waals surface area contributed by atoms with E-state index in [9.17, 15) is 14.4 Å². The topological polar surface area (TPSA) is 132 Å². The molecule has 0 aromatic rings. The van der Waals surface area contributed by atoms with E-state index in [1.807, 2.05) is 0 Å². The van der Waals surface area contributed by atoms with Gasteiger partial charge in [-0.25, -0.2) is 4.79 Å². The van der Waals surface area contributed by atoms with Crippen molar-refractivity contribution in [2.24, 2.45) is 0 Å². The second-order valence-corrected chi connectivity index (χ2v) is 4.85. The van der Waals surface area contributed by atoms with Gasteiger partial charge in [-0.1, -0.05) is 0 Å². The first-order valence-corrected chi connectivity index (χ1v) is 8.13. The Morgan fingerprint density at radius 1 is 0.800 bits per heavy atom. The number of rotatable bonds is 19. The fourth-order valence-electron chi connectivity index (χ4n) is 1.56. The van der Waals surface area contributed by atoms with Crippen molar-refractivity contribution in [3.63, 3.8) is 0 Å². The number of hydrogen-bond acceptors (Lipinski definition) is 7. The first kappa shape index (κ1) is 23.2. The summed E-state index contributed by atoms with van der Waals surface area (Å²) >= 11 is 0. The molecule has 146 valence electrons. The average molecular weight is 364 g/mol. The Balaban J connectivity index is 3.12. The van der Waals surface area contributed by atoms with Gasteiger partial charge in [0.25, 0.3) is 0 Å². The minimum absolute atomic E-state index is 0.267. The van der Waals surface area contributed by atoms with E-state index >= 15 is 0 Å². The molecule has 10 nitrogen and oxygen atoms in total. The van der Waals surface area contributed by atoms with E-state index in [1.165, 1.54) is 0 Å². The highest BCUT2D eigenvalue weighted by Gasteiger charge is 2.02. The van der Waals surface area contributed by atoms with Crippen molar-refractivity contribution in [2.75, 3.05) is 65.9 Å². The maximum absolute atomic E-state index is 11.2. The summed E-state index contributed by atoms with van der Waals surface area (Å²) in [5.74, 6) is -1.46. The molecule has 0 rings (SSSR count). The molecule has 0 heterocycles. The van der Waals surface area contributed by atoms with E-state index in [0.29, 0.717) is 65.6 Å². The van der Waals surface area contributed by atoms with Crippen LogP contribution in [0.4, 0.5) is 0 Å². The molecule has 2 amide bonds. The van der Waals surface area contributed by atoms with Crippen LogP contribution in [0.25, 0.3) is 0 Å². The molecule has 0 unspecified atom stereocenters. The fraction of sp³-hybridized carbons (Fsp3) is 0.800. The van der Waals surface area contributed by atoms with Crippen molar-refractivity contribution in [2.45, 2.75) is 12.8 Å². The van der Waals surface area contributed by atoms with Crippen molar-refractivity contribution >= 4 is 18.3 Å². The fourth-order valence-corrected chi connectivity index (χ4v) is 1.56. The summed E-state index contributed by atoms with van der Waals surface area (Å²) in [6.45, 7) is 3.25. The zero-order valence-corrected chi connectivity index (χ0v) is 14.4. The van der Waals surface area contributed by atoms with Gasteiger partial charge in [-0.15, -0.1) is 0 Å². The number of carbonyl (C=O) groups is 3. The van der Waals surface area contributed by atoms with Crippen LogP contribution in [0.15, 0.2) is 0 Å². The average Bonchev–Trinajstić information content (AvgIpc) is 2.58. The first-order valence-electron chi connectivity index (χ1n) is 8.13. The van der Waals surface area contributed by atoms with Gasteiger partial charge in [-0.05, 0) is 12.8 Å². The number of aliphatic carboxylic acids is 1. The van der Waals surface area contributed by atoms with Gasteiger partial charge in [0.1, 0.15) is 13.2 Å². The number of ether oxygens (including phenoxy) is 4. The molecule has 0 atom stereocenters. The summed E-state index contributed by atoms with van der Waals surface area (Å²) in [7, 11) is 0. The van der Waals surface area contributed by atoms with Crippen LogP contribution in [0.5, 0.6) is 0 Å². The Labute approximate surface area is 147 Å². The summed E-state index contributed by atoms with van der Waals surface area (Å²) in [5, 5.41) is 13.5. The van der Waals surface area contributed by atoms with Crippen LogP contribution in [0, 0.1) is 0 Å². The number of carbonyl (C=O) groups excluding carboxylic acids is 2. The first-order chi connectivity index (χ1) is 12.2. The lowest BCUT2D eigenvalue weighted by molar-refractivity contribution is -0.143. The minimum atomic E-state index is -1.11. The van der Waals surface area contributed by atoms with E-state index in [1.54, 1.807) is 0 Å². The lowest BCUT2D eigenvalue weighted by atomic mass is 10.4. The molecular formula is C15H28N2O8. The van der Waals surface area contributed by atoms with Crippen molar-refractivity contribution in [1.29, 1.82) is 0 Å². The highest BCUT2D eigenvalue weighted by atomic mass is 16.5. The van der Waals surface area contributed by atoms with Crippen molar-refractivity contribution in [1.82, 2.24) is 10.6 Å². The molecule has 0 aliphatic heterocycles. The van der Waals surface area contributed by atoms with E-state index < -0.39 is 12.6 Å². The quantitative estimate of drug-likeness (QED) is 0.192. The summed E-state index contributed by atoms with van der Waals surface area (Å²) < 4.78 is 20.6. The van der Waals surface area contributed by atoms with Gasteiger partial charge in [-0.3, -0.25) is 9.59 Å². The highest BCUT2D eigenvalue weighted by molar-refractivity contribution is 5.77. The van der Waals surface area contributed by atoms with Gasteiger partial charge < -0.3 is 34.7 Å². The molecule has 0 aliphatic carbocycles. The van der Waals surface area contributed by atoms with Crippen molar-refractivity contribution in [3.05, 3.63) is 0 Å². The molecule has 0 fully saturated rings. The summed E-state index contributed by atoms with van der Waals surface area (Å²) in [5.41, 5.74) is 0. The lowest BCUT2D eigenvalue weighted by Crippen LogP contribution is -2.30. The monoisotopic (exact) mass is 364 g/mol. The molecule has 0 aromatic carbocycles. The van der Waals surface area contributed by atoms with Crippen LogP contribution >= 0.6 is 0 Å². The van der Waals surface area contributed by atoms with Crippen LogP contribution in [0.3, 0.4) is 0 Å². The molecule has 3 N–H and O–H groups in total. The summed E-state index contributed by atoms with van der Waals surface area (Å²) in [6, 6.07) is 0. The summed E-state index contributed by atoms with van der Waals surface area (Å²) in [4.78, 5) is 31.4. The predicted octanol–water partition coefficient (Wildman–Crippen LogP) is -1.22. The van der Waals surface area contributed by atoms with E-state index in [2.05, 4.69) is 15.4 Å². The molecule has 0 radical (unpaired) electrons. The number of hydrogen-bond donors (Lipinski definition) is 3. The molecule has 10 heteroatoms. The molecule has 25 heavy (non-hydrogen) atoms. The maximum atomic E-state index is 11.2. The van der Waals surface area contributed by atoms with E-state index in [4.69, 9.17) is 19.3 Å². The third kappa shape index (κ3) is 20.2. The molecule has 0 saturated carbocycles. The molecular weight excluding hydrogens is 336 g/mol. The number of amides is 2. The summed E-state index contributed by atoms with van der Waals surface area (Å²) in [6.07, 6.45) is 2.07. The molecule has 0 bridgehead atoms. The Bertz CT molecular complexity index is 354. The van der Waals surface area contributed by atoms with Gasteiger partial charge >= 0.3 is 5.97 Å². The van der Waals surface area contributed by atoms with Crippen molar-refractivity contribution in [3.8, 4) is 0 Å². The molecule has 0 spiro atoms. The zero-order valence-electron chi connectivity index (χ0n) is 14.4. The Morgan fingerprint density at radius 3 is 1.92 bits per heavy atom. The van der Waals surface area contributed by atoms with Gasteiger partial charge in [-0.2, -0.15) is 0 Å². The Hall–Kier alpha value is -1.75. The second-order valence-electron chi connectivity index (χ2n) is 4.85.